The number of carboxylic acid groups (broad SMARTS) is 1. The number of aliphatic carboxylic acids is 1. The molecule has 1 N–H and O–H groups in total. The van der Waals surface area contributed by atoms with Crippen molar-refractivity contribution in [3.63, 3.8) is 0 Å². The van der Waals surface area contributed by atoms with Gasteiger partial charge in [0.2, 0.25) is 0 Å². The van der Waals surface area contributed by atoms with E-state index in [1.807, 2.05) is 71.1 Å². The van der Waals surface area contributed by atoms with E-state index in [-0.39, 0.29) is 0 Å². The molecule has 0 amide bonds. The molecule has 0 bridgehead atoms. The van der Waals surface area contributed by atoms with Gasteiger partial charge in [0.15, 0.2) is 0 Å². The van der Waals surface area contributed by atoms with Crippen LogP contribution in [0.15, 0.2) is 41.5 Å². The average Bonchev–Trinajstić information content (AvgIpc) is 2.64. The summed E-state index contributed by atoms with van der Waals surface area (Å²) in [4.78, 5) is 11.9. The zero-order valence-electron chi connectivity index (χ0n) is 14.7. The Bertz CT molecular complexity index is 607. The smallest absolute Gasteiger partial charge is 0.478 e. The Morgan fingerprint density at radius 1 is 1.09 bits per heavy atom. The molecular weight excluding hydrogens is 307 g/mol. The van der Waals surface area contributed by atoms with Crippen molar-refractivity contribution in [3.8, 4) is 0 Å². The number of benzene rings is 1. The van der Waals surface area contributed by atoms with Crippen LogP contribution in [0.2, 0.25) is 13.1 Å². The molecule has 124 valence electrons. The van der Waals surface area contributed by atoms with E-state index in [9.17, 15) is 9.90 Å². The Labute approximate surface area is 139 Å². The minimum Gasteiger partial charge on any atom is -0.478 e. The van der Waals surface area contributed by atoms with E-state index < -0.39 is 32.4 Å². The van der Waals surface area contributed by atoms with E-state index in [0.717, 1.165) is 5.19 Å². The summed E-state index contributed by atoms with van der Waals surface area (Å²) in [6, 6.07) is 9.81. The molecule has 1 aromatic carbocycles. The highest BCUT2D eigenvalue weighted by Crippen LogP contribution is 2.37. The quantitative estimate of drug-likeness (QED) is 0.680. The normalized spacial score (nSPS) is 20.6. The molecule has 1 heterocycles. The molecule has 1 aliphatic heterocycles. The lowest BCUT2D eigenvalue weighted by atomic mass is 9.90. The fraction of sp³-hybridized carbons (Fsp3) is 0.471. The van der Waals surface area contributed by atoms with Crippen molar-refractivity contribution >= 4 is 26.3 Å². The molecule has 1 fully saturated rings. The van der Waals surface area contributed by atoms with Crippen LogP contribution < -0.4 is 5.19 Å². The Morgan fingerprint density at radius 3 is 2.00 bits per heavy atom. The van der Waals surface area contributed by atoms with Gasteiger partial charge in [-0.25, -0.2) is 4.79 Å². The molecule has 23 heavy (non-hydrogen) atoms. The minimum absolute atomic E-state index is 0.405. The zero-order valence-corrected chi connectivity index (χ0v) is 15.7. The summed E-state index contributed by atoms with van der Waals surface area (Å²) in [5.41, 5.74) is -0.952. The number of carboxylic acids is 1. The molecule has 6 heteroatoms. The highest BCUT2D eigenvalue weighted by atomic mass is 28.3. The third-order valence-electron chi connectivity index (χ3n) is 4.97. The highest BCUT2D eigenvalue weighted by molar-refractivity contribution is 6.99. The summed E-state index contributed by atoms with van der Waals surface area (Å²) >= 11 is 0. The molecular formula is C17H25BO4Si. The van der Waals surface area contributed by atoms with Crippen molar-refractivity contribution in [2.45, 2.75) is 52.0 Å². The first-order valence-corrected chi connectivity index (χ1v) is 10.8. The van der Waals surface area contributed by atoms with E-state index in [0.29, 0.717) is 5.20 Å². The van der Waals surface area contributed by atoms with Crippen LogP contribution >= 0.6 is 0 Å². The molecule has 0 unspecified atom stereocenters. The van der Waals surface area contributed by atoms with E-state index in [2.05, 4.69) is 0 Å². The number of hydrogen-bond donors (Lipinski definition) is 1. The standard InChI is InChI=1S/C17H25BO4Si/c1-16(2)17(3,4)22-18(21-16)12-14(15(19)20)23(5,6)13-10-8-7-9-11-13/h7-12H,1-6H3,(H,19,20)/b14-12-. The molecule has 1 aromatic rings. The maximum absolute atomic E-state index is 11.9. The van der Waals surface area contributed by atoms with Crippen LogP contribution in [0, 0.1) is 0 Å². The Balaban J connectivity index is 2.39. The first-order valence-electron chi connectivity index (χ1n) is 7.84. The molecule has 0 saturated carbocycles. The minimum atomic E-state index is -2.33. The number of rotatable bonds is 4. The van der Waals surface area contributed by atoms with Gasteiger partial charge in [-0.15, -0.1) is 0 Å². The van der Waals surface area contributed by atoms with Gasteiger partial charge in [0, 0.05) is 5.20 Å². The summed E-state index contributed by atoms with van der Waals surface area (Å²) < 4.78 is 11.9. The molecule has 0 spiro atoms. The summed E-state index contributed by atoms with van der Waals surface area (Å²) in [5, 5.41) is 11.2. The van der Waals surface area contributed by atoms with Gasteiger partial charge in [-0.1, -0.05) is 48.6 Å². The van der Waals surface area contributed by atoms with Gasteiger partial charge in [0.05, 0.1) is 11.2 Å². The fourth-order valence-electron chi connectivity index (χ4n) is 2.65. The Kier molecular flexibility index (Phi) is 4.63. The zero-order chi connectivity index (χ0) is 17.5. The van der Waals surface area contributed by atoms with Crippen LogP contribution in [-0.4, -0.2) is 37.5 Å². The molecule has 1 saturated heterocycles. The maximum atomic E-state index is 11.9. The third-order valence-corrected chi connectivity index (χ3v) is 8.48. The predicted molar refractivity (Wildman–Crippen MR) is 95.4 cm³/mol. The van der Waals surface area contributed by atoms with Crippen molar-refractivity contribution in [3.05, 3.63) is 41.5 Å². The van der Waals surface area contributed by atoms with Crippen LogP contribution in [-0.2, 0) is 14.1 Å². The highest BCUT2D eigenvalue weighted by Gasteiger charge is 2.51. The van der Waals surface area contributed by atoms with Gasteiger partial charge in [-0.3, -0.25) is 0 Å². The summed E-state index contributed by atoms with van der Waals surface area (Å²) in [6.07, 6.45) is 0. The van der Waals surface area contributed by atoms with E-state index in [1.54, 1.807) is 5.98 Å². The van der Waals surface area contributed by atoms with Crippen molar-refractivity contribution in [1.82, 2.24) is 0 Å². The SMILES string of the molecule is CC1(C)OB(/C=C(/C(=O)O)[Si](C)(C)c2ccccc2)OC1(C)C. The molecule has 0 aromatic heterocycles. The first-order chi connectivity index (χ1) is 10.5. The van der Waals surface area contributed by atoms with Gasteiger partial charge in [-0.05, 0) is 33.7 Å². The molecule has 1 aliphatic rings. The van der Waals surface area contributed by atoms with Crippen molar-refractivity contribution in [2.75, 3.05) is 0 Å². The van der Waals surface area contributed by atoms with Gasteiger partial charge in [-0.2, -0.15) is 0 Å². The molecule has 0 atom stereocenters. The molecule has 2 rings (SSSR count). The lowest BCUT2D eigenvalue weighted by molar-refractivity contribution is -0.132. The second-order valence-corrected chi connectivity index (χ2v) is 11.9. The predicted octanol–water partition coefficient (Wildman–Crippen LogP) is 2.78. The van der Waals surface area contributed by atoms with Crippen molar-refractivity contribution in [1.29, 1.82) is 0 Å². The van der Waals surface area contributed by atoms with E-state index in [4.69, 9.17) is 9.31 Å². The van der Waals surface area contributed by atoms with Crippen LogP contribution in [0.5, 0.6) is 0 Å². The van der Waals surface area contributed by atoms with E-state index >= 15 is 0 Å². The lowest BCUT2D eigenvalue weighted by Gasteiger charge is -2.32. The number of carbonyl (C=O) groups is 1. The van der Waals surface area contributed by atoms with Gasteiger partial charge >= 0.3 is 13.1 Å². The van der Waals surface area contributed by atoms with Gasteiger partial charge < -0.3 is 14.4 Å². The lowest BCUT2D eigenvalue weighted by Crippen LogP contribution is -2.47. The number of hydrogen-bond acceptors (Lipinski definition) is 3. The van der Waals surface area contributed by atoms with Crippen molar-refractivity contribution in [2.24, 2.45) is 0 Å². The van der Waals surface area contributed by atoms with Gasteiger partial charge in [0.1, 0.15) is 8.07 Å². The Morgan fingerprint density at radius 2 is 1.57 bits per heavy atom. The van der Waals surface area contributed by atoms with Crippen LogP contribution in [0.1, 0.15) is 27.7 Å². The van der Waals surface area contributed by atoms with Crippen LogP contribution in [0.25, 0.3) is 0 Å². The van der Waals surface area contributed by atoms with Gasteiger partial charge in [0.25, 0.3) is 0 Å². The van der Waals surface area contributed by atoms with Crippen LogP contribution in [0.3, 0.4) is 0 Å². The molecule has 0 radical (unpaired) electrons. The average molecular weight is 332 g/mol. The second kappa shape index (κ2) is 5.93. The second-order valence-electron chi connectivity index (χ2n) is 7.50. The van der Waals surface area contributed by atoms with Crippen molar-refractivity contribution < 1.29 is 19.2 Å². The molecule has 0 aliphatic carbocycles. The largest absolute Gasteiger partial charge is 0.487 e. The van der Waals surface area contributed by atoms with Crippen LogP contribution in [0.4, 0.5) is 0 Å². The topological polar surface area (TPSA) is 55.8 Å². The van der Waals surface area contributed by atoms with E-state index in [1.165, 1.54) is 0 Å². The first kappa shape index (κ1) is 18.0. The monoisotopic (exact) mass is 332 g/mol. The fourth-order valence-corrected chi connectivity index (χ4v) is 5.07. The maximum Gasteiger partial charge on any atom is 0.487 e. The Hall–Kier alpha value is -1.37. The summed E-state index contributed by atoms with van der Waals surface area (Å²) in [6.45, 7) is 11.9. The third kappa shape index (κ3) is 3.44. The summed E-state index contributed by atoms with van der Waals surface area (Å²) in [7, 11) is -2.97. The molecule has 4 nitrogen and oxygen atoms in total. The summed E-state index contributed by atoms with van der Waals surface area (Å²) in [5.74, 6) is 0.748.